The molecule has 2 rings (SSSR count). The third-order valence-electron chi connectivity index (χ3n) is 3.66. The van der Waals surface area contributed by atoms with Gasteiger partial charge < -0.3 is 15.3 Å². The SMILES string of the molecule is CN(C)c1ccc(NC(=O)CN2CCC(CO)C2)cc1. The molecule has 5 heteroatoms. The van der Waals surface area contributed by atoms with Crippen molar-refractivity contribution in [2.75, 3.05) is 50.6 Å². The predicted octanol–water partition coefficient (Wildman–Crippen LogP) is 1.01. The van der Waals surface area contributed by atoms with Crippen molar-refractivity contribution in [3.63, 3.8) is 0 Å². The van der Waals surface area contributed by atoms with Crippen LogP contribution in [0, 0.1) is 5.92 Å². The molecule has 0 aliphatic carbocycles. The largest absolute Gasteiger partial charge is 0.396 e. The fourth-order valence-corrected chi connectivity index (χ4v) is 2.45. The third-order valence-corrected chi connectivity index (χ3v) is 3.66. The molecule has 1 aromatic carbocycles. The number of hydrogen-bond donors (Lipinski definition) is 2. The Kier molecular flexibility index (Phi) is 4.98. The highest BCUT2D eigenvalue weighted by atomic mass is 16.3. The zero-order valence-corrected chi connectivity index (χ0v) is 12.2. The number of carbonyl (C=O) groups is 1. The van der Waals surface area contributed by atoms with Gasteiger partial charge in [-0.3, -0.25) is 9.69 Å². The van der Waals surface area contributed by atoms with Crippen LogP contribution in [-0.4, -0.2) is 56.3 Å². The number of likely N-dealkylation sites (tertiary alicyclic amines) is 1. The van der Waals surface area contributed by atoms with E-state index in [-0.39, 0.29) is 12.5 Å². The van der Waals surface area contributed by atoms with E-state index in [9.17, 15) is 4.79 Å². The molecule has 5 nitrogen and oxygen atoms in total. The second-order valence-electron chi connectivity index (χ2n) is 5.56. The quantitative estimate of drug-likeness (QED) is 0.843. The lowest BCUT2D eigenvalue weighted by atomic mass is 10.1. The number of aliphatic hydroxyl groups excluding tert-OH is 1. The molecule has 1 aliphatic rings. The average Bonchev–Trinajstić information content (AvgIpc) is 2.86. The minimum atomic E-state index is 0.00110. The van der Waals surface area contributed by atoms with E-state index in [4.69, 9.17) is 5.11 Å². The monoisotopic (exact) mass is 277 g/mol. The smallest absolute Gasteiger partial charge is 0.238 e. The molecular formula is C15H23N3O2. The van der Waals surface area contributed by atoms with Gasteiger partial charge in [-0.25, -0.2) is 0 Å². The van der Waals surface area contributed by atoms with Crippen LogP contribution >= 0.6 is 0 Å². The van der Waals surface area contributed by atoms with Crippen molar-refractivity contribution in [1.82, 2.24) is 4.90 Å². The molecule has 0 radical (unpaired) electrons. The number of benzene rings is 1. The van der Waals surface area contributed by atoms with Crippen LogP contribution in [-0.2, 0) is 4.79 Å². The topological polar surface area (TPSA) is 55.8 Å². The molecule has 0 aromatic heterocycles. The van der Waals surface area contributed by atoms with Crippen molar-refractivity contribution in [3.05, 3.63) is 24.3 Å². The van der Waals surface area contributed by atoms with Crippen molar-refractivity contribution in [2.24, 2.45) is 5.92 Å². The number of hydrogen-bond acceptors (Lipinski definition) is 4. The Balaban J connectivity index is 1.82. The summed E-state index contributed by atoms with van der Waals surface area (Å²) in [4.78, 5) is 16.1. The van der Waals surface area contributed by atoms with Gasteiger partial charge in [-0.2, -0.15) is 0 Å². The zero-order chi connectivity index (χ0) is 14.5. The molecule has 1 unspecified atom stereocenters. The second kappa shape index (κ2) is 6.72. The van der Waals surface area contributed by atoms with Gasteiger partial charge >= 0.3 is 0 Å². The van der Waals surface area contributed by atoms with Crippen molar-refractivity contribution < 1.29 is 9.90 Å². The molecule has 0 spiro atoms. The van der Waals surface area contributed by atoms with Gasteiger partial charge in [-0.15, -0.1) is 0 Å². The van der Waals surface area contributed by atoms with E-state index in [1.54, 1.807) is 0 Å². The molecule has 1 atom stereocenters. The van der Waals surface area contributed by atoms with E-state index in [1.807, 2.05) is 43.3 Å². The van der Waals surface area contributed by atoms with Gasteiger partial charge in [0.25, 0.3) is 0 Å². The maximum atomic E-state index is 12.0. The van der Waals surface area contributed by atoms with Crippen LogP contribution in [0.2, 0.25) is 0 Å². The Hall–Kier alpha value is -1.59. The van der Waals surface area contributed by atoms with Crippen molar-refractivity contribution in [1.29, 1.82) is 0 Å². The van der Waals surface area contributed by atoms with E-state index in [0.29, 0.717) is 12.5 Å². The number of anilines is 2. The molecule has 1 aliphatic heterocycles. The van der Waals surface area contributed by atoms with Crippen LogP contribution in [0.3, 0.4) is 0 Å². The van der Waals surface area contributed by atoms with Crippen molar-refractivity contribution in [3.8, 4) is 0 Å². The minimum Gasteiger partial charge on any atom is -0.396 e. The van der Waals surface area contributed by atoms with Crippen molar-refractivity contribution >= 4 is 17.3 Å². The molecule has 2 N–H and O–H groups in total. The van der Waals surface area contributed by atoms with Crippen LogP contribution in [0.5, 0.6) is 0 Å². The zero-order valence-electron chi connectivity index (χ0n) is 12.2. The average molecular weight is 277 g/mol. The highest BCUT2D eigenvalue weighted by Crippen LogP contribution is 2.17. The molecule has 0 saturated carbocycles. The Labute approximate surface area is 120 Å². The highest BCUT2D eigenvalue weighted by Gasteiger charge is 2.23. The summed E-state index contributed by atoms with van der Waals surface area (Å²) < 4.78 is 0. The third kappa shape index (κ3) is 3.95. The summed E-state index contributed by atoms with van der Waals surface area (Å²) in [5, 5.41) is 12.0. The Morgan fingerprint density at radius 3 is 2.65 bits per heavy atom. The van der Waals surface area contributed by atoms with E-state index < -0.39 is 0 Å². The van der Waals surface area contributed by atoms with Gasteiger partial charge in [0.1, 0.15) is 0 Å². The van der Waals surface area contributed by atoms with E-state index in [0.717, 1.165) is 30.9 Å². The summed E-state index contributed by atoms with van der Waals surface area (Å²) in [6.07, 6.45) is 0.974. The number of carbonyl (C=O) groups excluding carboxylic acids is 1. The second-order valence-corrected chi connectivity index (χ2v) is 5.56. The molecule has 1 amide bonds. The van der Waals surface area contributed by atoms with E-state index in [2.05, 4.69) is 10.2 Å². The molecular weight excluding hydrogens is 254 g/mol. The molecule has 1 fully saturated rings. The lowest BCUT2D eigenvalue weighted by Gasteiger charge is -2.16. The Morgan fingerprint density at radius 2 is 2.10 bits per heavy atom. The first-order valence-electron chi connectivity index (χ1n) is 6.99. The van der Waals surface area contributed by atoms with Gasteiger partial charge in [0.15, 0.2) is 0 Å². The van der Waals surface area contributed by atoms with Crippen LogP contribution in [0.4, 0.5) is 11.4 Å². The first-order chi connectivity index (χ1) is 9.58. The molecule has 1 aromatic rings. The molecule has 1 saturated heterocycles. The maximum Gasteiger partial charge on any atom is 0.238 e. The van der Waals surface area contributed by atoms with Gasteiger partial charge in [0, 0.05) is 38.6 Å². The van der Waals surface area contributed by atoms with Crippen LogP contribution < -0.4 is 10.2 Å². The fraction of sp³-hybridized carbons (Fsp3) is 0.533. The number of nitrogens with zero attached hydrogens (tertiary/aromatic N) is 2. The number of rotatable bonds is 5. The van der Waals surface area contributed by atoms with Crippen LogP contribution in [0.25, 0.3) is 0 Å². The lowest BCUT2D eigenvalue weighted by molar-refractivity contribution is -0.117. The summed E-state index contributed by atoms with van der Waals surface area (Å²) in [6.45, 7) is 2.30. The summed E-state index contributed by atoms with van der Waals surface area (Å²) in [6, 6.07) is 7.78. The van der Waals surface area contributed by atoms with E-state index >= 15 is 0 Å². The highest BCUT2D eigenvalue weighted by molar-refractivity contribution is 5.92. The fourth-order valence-electron chi connectivity index (χ4n) is 2.45. The molecule has 0 bridgehead atoms. The standard InChI is InChI=1S/C15H23N3O2/c1-17(2)14-5-3-13(4-6-14)16-15(20)10-18-8-7-12(9-18)11-19/h3-6,12,19H,7-11H2,1-2H3,(H,16,20). The van der Waals surface area contributed by atoms with Crippen LogP contribution in [0.15, 0.2) is 24.3 Å². The minimum absolute atomic E-state index is 0.00110. The lowest BCUT2D eigenvalue weighted by Crippen LogP contribution is -2.31. The van der Waals surface area contributed by atoms with E-state index in [1.165, 1.54) is 0 Å². The molecule has 20 heavy (non-hydrogen) atoms. The number of aliphatic hydroxyl groups is 1. The van der Waals surface area contributed by atoms with Crippen molar-refractivity contribution in [2.45, 2.75) is 6.42 Å². The van der Waals surface area contributed by atoms with Gasteiger partial charge in [0.05, 0.1) is 6.54 Å². The Bertz CT molecular complexity index is 445. The first-order valence-corrected chi connectivity index (χ1v) is 6.99. The summed E-state index contributed by atoms with van der Waals surface area (Å²) >= 11 is 0. The van der Waals surface area contributed by atoms with Gasteiger partial charge in [-0.05, 0) is 43.1 Å². The summed E-state index contributed by atoms with van der Waals surface area (Å²) in [5.74, 6) is 0.323. The Morgan fingerprint density at radius 1 is 1.40 bits per heavy atom. The summed E-state index contributed by atoms with van der Waals surface area (Å²) in [5.41, 5.74) is 1.92. The predicted molar refractivity (Wildman–Crippen MR) is 81.0 cm³/mol. The normalized spacial score (nSPS) is 19.1. The number of amides is 1. The first kappa shape index (κ1) is 14.8. The number of nitrogens with one attached hydrogen (secondary N) is 1. The van der Waals surface area contributed by atoms with Gasteiger partial charge in [-0.1, -0.05) is 0 Å². The molecule has 110 valence electrons. The van der Waals surface area contributed by atoms with Gasteiger partial charge in [0.2, 0.25) is 5.91 Å². The maximum absolute atomic E-state index is 12.0. The van der Waals surface area contributed by atoms with Crippen LogP contribution in [0.1, 0.15) is 6.42 Å². The molecule has 1 heterocycles. The summed E-state index contributed by atoms with van der Waals surface area (Å²) in [7, 11) is 3.97.